The predicted molar refractivity (Wildman–Crippen MR) is 78.1 cm³/mol. The van der Waals surface area contributed by atoms with E-state index in [2.05, 4.69) is 43.9 Å². The summed E-state index contributed by atoms with van der Waals surface area (Å²) < 4.78 is 0. The zero-order valence-electron chi connectivity index (χ0n) is 10.4. The minimum Gasteiger partial charge on any atom is -0.297 e. The molecule has 0 atom stereocenters. The highest BCUT2D eigenvalue weighted by molar-refractivity contribution is 7.17. The summed E-state index contributed by atoms with van der Waals surface area (Å²) in [5.41, 5.74) is 1.20. The fraction of sp³-hybridized carbons (Fsp3) is 0.214. The Morgan fingerprint density at radius 1 is 1.00 bits per heavy atom. The van der Waals surface area contributed by atoms with Crippen LogP contribution in [0.2, 0.25) is 19.6 Å². The first-order chi connectivity index (χ1) is 8.00. The molecule has 0 aliphatic carbocycles. The predicted octanol–water partition coefficient (Wildman–Crippen LogP) is 3.77. The zero-order chi connectivity index (χ0) is 12.5. The molecule has 0 bridgehead atoms. The molecule has 0 radical (unpaired) electrons. The molecule has 88 valence electrons. The minimum absolute atomic E-state index is 0.786. The monoisotopic (exact) mass is 260 g/mol. The minimum atomic E-state index is -1.21. The first-order valence-electron chi connectivity index (χ1n) is 5.66. The quantitative estimate of drug-likeness (QED) is 0.606. The number of thiophene rings is 1. The summed E-state index contributed by atoms with van der Waals surface area (Å²) in [4.78, 5) is 12.6. The Hall–Kier alpha value is -1.19. The van der Waals surface area contributed by atoms with E-state index >= 15 is 0 Å². The van der Waals surface area contributed by atoms with Gasteiger partial charge in [0.1, 0.15) is 0 Å². The molecule has 3 heteroatoms. The molecule has 0 saturated carbocycles. The third-order valence-electron chi connectivity index (χ3n) is 2.78. The van der Waals surface area contributed by atoms with Crippen molar-refractivity contribution in [2.45, 2.75) is 19.6 Å². The molecule has 1 heterocycles. The highest BCUT2D eigenvalue weighted by Crippen LogP contribution is 2.26. The average molecular weight is 260 g/mol. The molecule has 0 aliphatic heterocycles. The molecular formula is C14H16OSSi. The number of carbonyl (C=O) groups excluding carboxylic acids is 1. The first kappa shape index (κ1) is 12.3. The Bertz CT molecular complexity index is 520. The number of hydrogen-bond donors (Lipinski definition) is 0. The molecule has 0 saturated heterocycles. The molecule has 2 rings (SSSR count). The molecule has 0 fully saturated rings. The van der Waals surface area contributed by atoms with Gasteiger partial charge in [-0.05, 0) is 17.7 Å². The lowest BCUT2D eigenvalue weighted by atomic mass is 10.2. The summed E-state index contributed by atoms with van der Waals surface area (Å²) in [6, 6.07) is 12.7. The van der Waals surface area contributed by atoms with Crippen LogP contribution in [0.4, 0.5) is 0 Å². The van der Waals surface area contributed by atoms with E-state index in [1.807, 2.05) is 12.1 Å². The van der Waals surface area contributed by atoms with Crippen molar-refractivity contribution in [1.82, 2.24) is 0 Å². The van der Waals surface area contributed by atoms with Crippen molar-refractivity contribution in [3.05, 3.63) is 41.3 Å². The highest BCUT2D eigenvalue weighted by Gasteiger charge is 2.15. The third kappa shape index (κ3) is 2.73. The number of benzene rings is 1. The first-order valence-corrected chi connectivity index (χ1v) is 9.98. The topological polar surface area (TPSA) is 17.1 Å². The summed E-state index contributed by atoms with van der Waals surface area (Å²) in [5, 5.41) is 1.47. The maximum absolute atomic E-state index is 10.7. The second-order valence-electron chi connectivity index (χ2n) is 5.15. The van der Waals surface area contributed by atoms with Gasteiger partial charge < -0.3 is 0 Å². The van der Waals surface area contributed by atoms with E-state index in [4.69, 9.17) is 0 Å². The van der Waals surface area contributed by atoms with Crippen LogP contribution in [0.3, 0.4) is 0 Å². The van der Waals surface area contributed by atoms with Gasteiger partial charge in [-0.15, -0.1) is 11.3 Å². The van der Waals surface area contributed by atoms with Crippen LogP contribution in [0.25, 0.3) is 10.4 Å². The van der Waals surface area contributed by atoms with Crippen LogP contribution in [-0.2, 0) is 0 Å². The molecule has 0 unspecified atom stereocenters. The lowest BCUT2D eigenvalue weighted by Gasteiger charge is -2.16. The molecule has 2 aromatic rings. The van der Waals surface area contributed by atoms with Gasteiger partial charge in [0.2, 0.25) is 0 Å². The second kappa shape index (κ2) is 4.59. The van der Waals surface area contributed by atoms with E-state index in [9.17, 15) is 4.79 Å². The van der Waals surface area contributed by atoms with Gasteiger partial charge in [-0.2, -0.15) is 0 Å². The van der Waals surface area contributed by atoms with Crippen molar-refractivity contribution >= 4 is 30.9 Å². The smallest absolute Gasteiger partial charge is 0.160 e. The number of carbonyl (C=O) groups is 1. The fourth-order valence-corrected chi connectivity index (χ4v) is 3.70. The van der Waals surface area contributed by atoms with Gasteiger partial charge >= 0.3 is 0 Å². The largest absolute Gasteiger partial charge is 0.297 e. The van der Waals surface area contributed by atoms with Crippen LogP contribution < -0.4 is 5.19 Å². The summed E-state index contributed by atoms with van der Waals surface area (Å²) in [7, 11) is -1.21. The van der Waals surface area contributed by atoms with Crippen molar-refractivity contribution in [2.75, 3.05) is 0 Å². The van der Waals surface area contributed by atoms with Gasteiger partial charge in [0.25, 0.3) is 0 Å². The van der Waals surface area contributed by atoms with Crippen LogP contribution in [0.15, 0.2) is 36.4 Å². The summed E-state index contributed by atoms with van der Waals surface area (Å²) in [5.74, 6) is 0. The van der Waals surface area contributed by atoms with Gasteiger partial charge in [0.15, 0.2) is 6.29 Å². The summed E-state index contributed by atoms with van der Waals surface area (Å²) in [6.07, 6.45) is 0.907. The van der Waals surface area contributed by atoms with Crippen molar-refractivity contribution in [3.63, 3.8) is 0 Å². The van der Waals surface area contributed by atoms with Crippen molar-refractivity contribution in [1.29, 1.82) is 0 Å². The van der Waals surface area contributed by atoms with Crippen LogP contribution in [0, 0.1) is 0 Å². The molecule has 0 N–H and O–H groups in total. The maximum atomic E-state index is 10.7. The van der Waals surface area contributed by atoms with Crippen LogP contribution in [0.5, 0.6) is 0 Å². The lowest BCUT2D eigenvalue weighted by molar-refractivity contribution is 0.112. The number of aldehydes is 1. The van der Waals surface area contributed by atoms with Crippen molar-refractivity contribution < 1.29 is 4.79 Å². The van der Waals surface area contributed by atoms with Gasteiger partial charge in [-0.3, -0.25) is 4.79 Å². The molecule has 0 amide bonds. The van der Waals surface area contributed by atoms with Crippen LogP contribution in [0.1, 0.15) is 9.67 Å². The van der Waals surface area contributed by atoms with Gasteiger partial charge in [-0.25, -0.2) is 0 Å². The molecule has 1 aromatic carbocycles. The van der Waals surface area contributed by atoms with Crippen LogP contribution in [-0.4, -0.2) is 14.4 Å². The molecule has 17 heavy (non-hydrogen) atoms. The van der Waals surface area contributed by atoms with Gasteiger partial charge in [0, 0.05) is 4.88 Å². The lowest BCUT2D eigenvalue weighted by Crippen LogP contribution is -2.37. The molecular weight excluding hydrogens is 244 g/mol. The molecule has 1 nitrogen and oxygen atoms in total. The third-order valence-corrected chi connectivity index (χ3v) is 5.90. The zero-order valence-corrected chi connectivity index (χ0v) is 12.2. The van der Waals surface area contributed by atoms with E-state index < -0.39 is 8.07 Å². The van der Waals surface area contributed by atoms with E-state index in [0.717, 1.165) is 16.0 Å². The SMILES string of the molecule is C[Si](C)(C)c1ccc(-c2ccc(C=O)s2)cc1. The average Bonchev–Trinajstić information content (AvgIpc) is 2.76. The van der Waals surface area contributed by atoms with E-state index in [1.54, 1.807) is 11.3 Å². The second-order valence-corrected chi connectivity index (χ2v) is 11.3. The summed E-state index contributed by atoms with van der Waals surface area (Å²) in [6.45, 7) is 7.03. The van der Waals surface area contributed by atoms with E-state index in [-0.39, 0.29) is 0 Å². The van der Waals surface area contributed by atoms with Gasteiger partial charge in [-0.1, -0.05) is 49.1 Å². The Morgan fingerprint density at radius 3 is 2.12 bits per heavy atom. The Morgan fingerprint density at radius 2 is 1.65 bits per heavy atom. The standard InChI is InChI=1S/C14H16OSSi/c1-17(2,3)13-7-4-11(5-8-13)14-9-6-12(10-15)16-14/h4-10H,1-3H3. The Kier molecular flexibility index (Phi) is 3.31. The normalized spacial score (nSPS) is 11.5. The van der Waals surface area contributed by atoms with Crippen molar-refractivity contribution in [3.8, 4) is 10.4 Å². The highest BCUT2D eigenvalue weighted by atomic mass is 32.1. The van der Waals surface area contributed by atoms with Crippen LogP contribution >= 0.6 is 11.3 Å². The number of rotatable bonds is 3. The van der Waals surface area contributed by atoms with E-state index in [1.165, 1.54) is 10.8 Å². The fourth-order valence-electron chi connectivity index (χ4n) is 1.71. The number of hydrogen-bond acceptors (Lipinski definition) is 2. The Labute approximate surface area is 107 Å². The molecule has 0 aliphatic rings. The Balaban J connectivity index is 2.32. The van der Waals surface area contributed by atoms with E-state index in [0.29, 0.717) is 0 Å². The maximum Gasteiger partial charge on any atom is 0.160 e. The van der Waals surface area contributed by atoms with Gasteiger partial charge in [0.05, 0.1) is 13.0 Å². The molecule has 1 aromatic heterocycles. The van der Waals surface area contributed by atoms with Crippen molar-refractivity contribution in [2.24, 2.45) is 0 Å². The molecule has 0 spiro atoms. The summed E-state index contributed by atoms with van der Waals surface area (Å²) >= 11 is 1.54.